The molecule has 24 heavy (non-hydrogen) atoms. The van der Waals surface area contributed by atoms with Crippen molar-refractivity contribution in [1.29, 1.82) is 0 Å². The van der Waals surface area contributed by atoms with E-state index in [0.29, 0.717) is 16.7 Å². The van der Waals surface area contributed by atoms with Gasteiger partial charge in [0.1, 0.15) is 12.4 Å². The minimum absolute atomic E-state index is 0.0601. The molecule has 3 rings (SSSR count). The summed E-state index contributed by atoms with van der Waals surface area (Å²) in [5.74, 6) is 0.273. The molecule has 0 aliphatic rings. The first-order chi connectivity index (χ1) is 11.5. The summed E-state index contributed by atoms with van der Waals surface area (Å²) in [7, 11) is 0. The molecule has 2 aromatic carbocycles. The molecular weight excluding hydrogens is 302 g/mol. The maximum Gasteiger partial charge on any atom is 0.261 e. The third-order valence-corrected chi connectivity index (χ3v) is 4.14. The molecule has 122 valence electrons. The van der Waals surface area contributed by atoms with E-state index in [9.17, 15) is 9.59 Å². The van der Waals surface area contributed by atoms with E-state index in [1.165, 1.54) is 10.1 Å². The third kappa shape index (κ3) is 3.06. The lowest BCUT2D eigenvalue weighted by Crippen LogP contribution is -2.30. The van der Waals surface area contributed by atoms with E-state index >= 15 is 0 Å². The maximum absolute atomic E-state index is 12.6. The molecule has 1 heterocycles. The first-order valence-corrected chi connectivity index (χ1v) is 7.79. The van der Waals surface area contributed by atoms with Crippen molar-refractivity contribution < 1.29 is 4.79 Å². The molecule has 0 unspecified atom stereocenters. The summed E-state index contributed by atoms with van der Waals surface area (Å²) in [5, 5.41) is 3.35. The van der Waals surface area contributed by atoms with E-state index < -0.39 is 0 Å². The summed E-state index contributed by atoms with van der Waals surface area (Å²) in [6.07, 6.45) is 0. The van der Waals surface area contributed by atoms with Crippen LogP contribution in [0.5, 0.6) is 0 Å². The predicted molar refractivity (Wildman–Crippen MR) is 95.3 cm³/mol. The number of carbonyl (C=O) groups is 1. The predicted octanol–water partition coefficient (Wildman–Crippen LogP) is 2.96. The number of fused-ring (bicyclic) bond motifs is 1. The van der Waals surface area contributed by atoms with Gasteiger partial charge in [0, 0.05) is 5.69 Å². The van der Waals surface area contributed by atoms with Gasteiger partial charge in [-0.25, -0.2) is 4.98 Å². The molecule has 0 atom stereocenters. The summed E-state index contributed by atoms with van der Waals surface area (Å²) in [6.45, 7) is 5.68. The van der Waals surface area contributed by atoms with Crippen LogP contribution >= 0.6 is 0 Å². The van der Waals surface area contributed by atoms with Gasteiger partial charge < -0.3 is 5.32 Å². The second kappa shape index (κ2) is 6.28. The molecule has 0 radical (unpaired) electrons. The van der Waals surface area contributed by atoms with Crippen LogP contribution in [0.1, 0.15) is 17.0 Å². The Morgan fingerprint density at radius 3 is 2.58 bits per heavy atom. The fraction of sp³-hybridized carbons (Fsp3) is 0.211. The van der Waals surface area contributed by atoms with Gasteiger partial charge in [-0.05, 0) is 56.2 Å². The van der Waals surface area contributed by atoms with Crippen LogP contribution < -0.4 is 10.9 Å². The lowest BCUT2D eigenvalue weighted by atomic mass is 10.1. The fourth-order valence-corrected chi connectivity index (χ4v) is 2.63. The number of aryl methyl sites for hydroxylation is 3. The molecule has 1 amide bonds. The first kappa shape index (κ1) is 15.9. The molecule has 1 N–H and O–H groups in total. The second-order valence-electron chi connectivity index (χ2n) is 5.91. The van der Waals surface area contributed by atoms with Gasteiger partial charge in [0.25, 0.3) is 5.56 Å². The Morgan fingerprint density at radius 2 is 1.83 bits per heavy atom. The summed E-state index contributed by atoms with van der Waals surface area (Å²) in [5.41, 5.74) is 3.44. The molecule has 0 fully saturated rings. The zero-order valence-corrected chi connectivity index (χ0v) is 14.0. The molecule has 5 heteroatoms. The number of nitrogens with zero attached hydrogens (tertiary/aromatic N) is 2. The average molecular weight is 321 g/mol. The normalized spacial score (nSPS) is 10.8. The van der Waals surface area contributed by atoms with Gasteiger partial charge >= 0.3 is 0 Å². The lowest BCUT2D eigenvalue weighted by Gasteiger charge is -2.12. The van der Waals surface area contributed by atoms with Crippen LogP contribution in [0.3, 0.4) is 0 Å². The van der Waals surface area contributed by atoms with Crippen LogP contribution in [0.15, 0.2) is 47.3 Å². The molecule has 3 aromatic rings. The molecule has 0 aliphatic heterocycles. The van der Waals surface area contributed by atoms with Crippen LogP contribution in [0, 0.1) is 20.8 Å². The number of hydrogen-bond acceptors (Lipinski definition) is 3. The summed E-state index contributed by atoms with van der Waals surface area (Å²) in [4.78, 5) is 29.3. The Kier molecular flexibility index (Phi) is 4.16. The number of amides is 1. The highest BCUT2D eigenvalue weighted by Crippen LogP contribution is 2.14. The number of nitrogens with one attached hydrogen (secondary N) is 1. The number of anilines is 1. The first-order valence-electron chi connectivity index (χ1n) is 7.79. The van der Waals surface area contributed by atoms with E-state index in [1.807, 2.05) is 38.1 Å². The number of rotatable bonds is 3. The van der Waals surface area contributed by atoms with Gasteiger partial charge in [-0.15, -0.1) is 0 Å². The summed E-state index contributed by atoms with van der Waals surface area (Å²) in [6, 6.07) is 12.9. The van der Waals surface area contributed by atoms with Crippen molar-refractivity contribution in [1.82, 2.24) is 9.55 Å². The minimum Gasteiger partial charge on any atom is -0.325 e. The topological polar surface area (TPSA) is 64.0 Å². The number of carbonyl (C=O) groups excluding carboxylic acids is 1. The Bertz CT molecular complexity index is 990. The number of para-hydroxylation sites is 1. The SMILES string of the molecule is Cc1ccc(NC(=O)Cn2c(C)nc3ccccc3c2=O)cc1C. The second-order valence-corrected chi connectivity index (χ2v) is 5.91. The highest BCUT2D eigenvalue weighted by Gasteiger charge is 2.11. The highest BCUT2D eigenvalue weighted by molar-refractivity contribution is 5.91. The molecule has 5 nitrogen and oxygen atoms in total. The van der Waals surface area contributed by atoms with Crippen LogP contribution in [0.4, 0.5) is 5.69 Å². The monoisotopic (exact) mass is 321 g/mol. The number of aromatic nitrogens is 2. The van der Waals surface area contributed by atoms with Gasteiger partial charge in [-0.3, -0.25) is 14.2 Å². The summed E-state index contributed by atoms with van der Waals surface area (Å²) < 4.78 is 1.40. The number of benzene rings is 2. The van der Waals surface area contributed by atoms with Crippen LogP contribution in [-0.2, 0) is 11.3 Å². The molecular formula is C19H19N3O2. The Hall–Kier alpha value is -2.95. The zero-order valence-electron chi connectivity index (χ0n) is 14.0. The minimum atomic E-state index is -0.250. The van der Waals surface area contributed by atoms with Crippen molar-refractivity contribution in [2.24, 2.45) is 0 Å². The lowest BCUT2D eigenvalue weighted by molar-refractivity contribution is -0.116. The molecule has 0 saturated heterocycles. The standard InChI is InChI=1S/C19H19N3O2/c1-12-8-9-15(10-13(12)2)21-18(23)11-22-14(3)20-17-7-5-4-6-16(17)19(22)24/h4-10H,11H2,1-3H3,(H,21,23). The maximum atomic E-state index is 12.6. The highest BCUT2D eigenvalue weighted by atomic mass is 16.2. The summed E-state index contributed by atoms with van der Waals surface area (Å²) >= 11 is 0. The van der Waals surface area contributed by atoms with E-state index in [0.717, 1.165) is 11.3 Å². The van der Waals surface area contributed by atoms with Crippen molar-refractivity contribution in [2.45, 2.75) is 27.3 Å². The van der Waals surface area contributed by atoms with Gasteiger partial charge in [0.15, 0.2) is 0 Å². The largest absolute Gasteiger partial charge is 0.325 e. The molecule has 0 spiro atoms. The Balaban J connectivity index is 1.87. The van der Waals surface area contributed by atoms with Crippen molar-refractivity contribution in [3.63, 3.8) is 0 Å². The van der Waals surface area contributed by atoms with Crippen LogP contribution in [-0.4, -0.2) is 15.5 Å². The van der Waals surface area contributed by atoms with Crippen molar-refractivity contribution in [3.8, 4) is 0 Å². The van der Waals surface area contributed by atoms with E-state index in [2.05, 4.69) is 10.3 Å². The molecule has 0 bridgehead atoms. The fourth-order valence-electron chi connectivity index (χ4n) is 2.63. The Labute approximate surface area is 140 Å². The third-order valence-electron chi connectivity index (χ3n) is 4.14. The van der Waals surface area contributed by atoms with Crippen molar-refractivity contribution in [2.75, 3.05) is 5.32 Å². The van der Waals surface area contributed by atoms with Gasteiger partial charge in [0.05, 0.1) is 10.9 Å². The van der Waals surface area contributed by atoms with E-state index in [-0.39, 0.29) is 18.0 Å². The number of hydrogen-bond donors (Lipinski definition) is 1. The average Bonchev–Trinajstić information content (AvgIpc) is 2.55. The van der Waals surface area contributed by atoms with Gasteiger partial charge in [-0.1, -0.05) is 18.2 Å². The van der Waals surface area contributed by atoms with Crippen LogP contribution in [0.25, 0.3) is 10.9 Å². The molecule has 0 saturated carbocycles. The van der Waals surface area contributed by atoms with Crippen molar-refractivity contribution in [3.05, 3.63) is 69.8 Å². The quantitative estimate of drug-likeness (QED) is 0.806. The zero-order chi connectivity index (χ0) is 17.3. The molecule has 1 aromatic heterocycles. The van der Waals surface area contributed by atoms with Crippen LogP contribution in [0.2, 0.25) is 0 Å². The Morgan fingerprint density at radius 1 is 1.08 bits per heavy atom. The molecule has 0 aliphatic carbocycles. The van der Waals surface area contributed by atoms with Gasteiger partial charge in [0.2, 0.25) is 5.91 Å². The van der Waals surface area contributed by atoms with Crippen molar-refractivity contribution >= 4 is 22.5 Å². The van der Waals surface area contributed by atoms with E-state index in [4.69, 9.17) is 0 Å². The van der Waals surface area contributed by atoms with Gasteiger partial charge in [-0.2, -0.15) is 0 Å². The smallest absolute Gasteiger partial charge is 0.261 e. The van der Waals surface area contributed by atoms with E-state index in [1.54, 1.807) is 25.1 Å².